The highest BCUT2D eigenvalue weighted by Crippen LogP contribution is 2.34. The second kappa shape index (κ2) is 6.11. The summed E-state index contributed by atoms with van der Waals surface area (Å²) in [6.07, 6.45) is 1.83. The lowest BCUT2D eigenvalue weighted by atomic mass is 10.1. The SMILES string of the molecule is CC(NCc1cn(CCO)nn1)c1ccc2c(c1)OCO2. The fourth-order valence-electron chi connectivity index (χ4n) is 2.19. The first-order valence-electron chi connectivity index (χ1n) is 6.89. The number of nitrogens with zero attached hydrogens (tertiary/aromatic N) is 3. The van der Waals surface area contributed by atoms with Gasteiger partial charge in [0.05, 0.1) is 18.8 Å². The minimum atomic E-state index is 0.0594. The van der Waals surface area contributed by atoms with Crippen LogP contribution in [0.3, 0.4) is 0 Å². The van der Waals surface area contributed by atoms with E-state index in [-0.39, 0.29) is 19.4 Å². The number of hydrogen-bond donors (Lipinski definition) is 2. The van der Waals surface area contributed by atoms with Crippen LogP contribution >= 0.6 is 0 Å². The highest BCUT2D eigenvalue weighted by molar-refractivity contribution is 5.45. The monoisotopic (exact) mass is 290 g/mol. The Morgan fingerprint density at radius 2 is 2.24 bits per heavy atom. The number of benzene rings is 1. The molecule has 1 unspecified atom stereocenters. The third-order valence-electron chi connectivity index (χ3n) is 3.40. The Balaban J connectivity index is 1.59. The van der Waals surface area contributed by atoms with Crippen molar-refractivity contribution in [3.8, 4) is 11.5 Å². The first kappa shape index (κ1) is 13.8. The van der Waals surface area contributed by atoms with Crippen LogP contribution in [0.5, 0.6) is 11.5 Å². The number of aromatic nitrogens is 3. The van der Waals surface area contributed by atoms with Gasteiger partial charge >= 0.3 is 0 Å². The number of rotatable bonds is 6. The normalized spacial score (nSPS) is 14.4. The van der Waals surface area contributed by atoms with Gasteiger partial charge in [0.25, 0.3) is 0 Å². The van der Waals surface area contributed by atoms with Crippen LogP contribution in [0.2, 0.25) is 0 Å². The summed E-state index contributed by atoms with van der Waals surface area (Å²) in [4.78, 5) is 0. The number of aliphatic hydroxyl groups excluding tert-OH is 1. The van der Waals surface area contributed by atoms with Gasteiger partial charge in [-0.3, -0.25) is 0 Å². The molecule has 7 heteroatoms. The van der Waals surface area contributed by atoms with Crippen molar-refractivity contribution in [2.24, 2.45) is 0 Å². The predicted molar refractivity (Wildman–Crippen MR) is 74.9 cm³/mol. The van der Waals surface area contributed by atoms with Gasteiger partial charge in [0.1, 0.15) is 0 Å². The molecule has 7 nitrogen and oxygen atoms in total. The molecule has 1 aliphatic heterocycles. The highest BCUT2D eigenvalue weighted by atomic mass is 16.7. The lowest BCUT2D eigenvalue weighted by molar-refractivity contribution is 0.174. The molecule has 0 saturated heterocycles. The number of ether oxygens (including phenoxy) is 2. The molecule has 0 radical (unpaired) electrons. The Morgan fingerprint density at radius 1 is 1.38 bits per heavy atom. The average Bonchev–Trinajstić information content (AvgIpc) is 3.13. The van der Waals surface area contributed by atoms with Crippen LogP contribution in [-0.2, 0) is 13.1 Å². The maximum absolute atomic E-state index is 8.85. The molecular weight excluding hydrogens is 272 g/mol. The van der Waals surface area contributed by atoms with Gasteiger partial charge in [-0.15, -0.1) is 5.10 Å². The molecule has 21 heavy (non-hydrogen) atoms. The summed E-state index contributed by atoms with van der Waals surface area (Å²) in [5.74, 6) is 1.58. The van der Waals surface area contributed by atoms with Gasteiger partial charge in [-0.25, -0.2) is 4.68 Å². The Hall–Kier alpha value is -2.12. The minimum absolute atomic E-state index is 0.0594. The number of aliphatic hydroxyl groups is 1. The third kappa shape index (κ3) is 3.14. The van der Waals surface area contributed by atoms with Gasteiger partial charge in [-0.1, -0.05) is 11.3 Å². The van der Waals surface area contributed by atoms with Crippen molar-refractivity contribution in [2.45, 2.75) is 26.1 Å². The molecule has 2 heterocycles. The van der Waals surface area contributed by atoms with E-state index in [1.165, 1.54) is 0 Å². The van der Waals surface area contributed by atoms with Crippen LogP contribution in [0.25, 0.3) is 0 Å². The van der Waals surface area contributed by atoms with Crippen LogP contribution in [0.15, 0.2) is 24.4 Å². The zero-order valence-electron chi connectivity index (χ0n) is 11.8. The Bertz CT molecular complexity index is 614. The second-order valence-electron chi connectivity index (χ2n) is 4.91. The molecule has 1 aromatic heterocycles. The Kier molecular flexibility index (Phi) is 4.03. The summed E-state index contributed by atoms with van der Waals surface area (Å²) in [5, 5.41) is 20.2. The standard InChI is InChI=1S/C14H18N4O3/c1-10(11-2-3-13-14(6-11)21-9-20-13)15-7-12-8-18(4-5-19)17-16-12/h2-3,6,8,10,15,19H,4-5,7,9H2,1H3. The number of hydrogen-bond acceptors (Lipinski definition) is 6. The number of nitrogens with one attached hydrogen (secondary N) is 1. The van der Waals surface area contributed by atoms with Gasteiger partial charge in [-0.05, 0) is 24.6 Å². The molecule has 0 fully saturated rings. The molecule has 0 bridgehead atoms. The molecule has 3 rings (SSSR count). The van der Waals surface area contributed by atoms with Gasteiger partial charge < -0.3 is 19.9 Å². The van der Waals surface area contributed by atoms with E-state index >= 15 is 0 Å². The number of fused-ring (bicyclic) bond motifs is 1. The van der Waals surface area contributed by atoms with Crippen molar-refractivity contribution < 1.29 is 14.6 Å². The van der Waals surface area contributed by atoms with E-state index in [4.69, 9.17) is 14.6 Å². The highest BCUT2D eigenvalue weighted by Gasteiger charge is 2.15. The van der Waals surface area contributed by atoms with E-state index in [0.717, 1.165) is 22.8 Å². The Morgan fingerprint density at radius 3 is 3.10 bits per heavy atom. The van der Waals surface area contributed by atoms with Crippen molar-refractivity contribution in [3.63, 3.8) is 0 Å². The van der Waals surface area contributed by atoms with E-state index in [1.54, 1.807) is 4.68 Å². The summed E-state index contributed by atoms with van der Waals surface area (Å²) in [5.41, 5.74) is 1.97. The molecule has 2 aromatic rings. The second-order valence-corrected chi connectivity index (χ2v) is 4.91. The van der Waals surface area contributed by atoms with Crippen LogP contribution in [0, 0.1) is 0 Å². The molecule has 0 spiro atoms. The first-order chi connectivity index (χ1) is 10.3. The van der Waals surface area contributed by atoms with E-state index in [2.05, 4.69) is 22.6 Å². The van der Waals surface area contributed by atoms with E-state index in [0.29, 0.717) is 13.1 Å². The summed E-state index contributed by atoms with van der Waals surface area (Å²) in [6, 6.07) is 6.09. The summed E-state index contributed by atoms with van der Waals surface area (Å²) in [6.45, 7) is 3.50. The van der Waals surface area contributed by atoms with Gasteiger partial charge in [0.2, 0.25) is 6.79 Å². The van der Waals surface area contributed by atoms with Gasteiger partial charge in [-0.2, -0.15) is 0 Å². The van der Waals surface area contributed by atoms with Gasteiger partial charge in [0, 0.05) is 18.8 Å². The van der Waals surface area contributed by atoms with Crippen molar-refractivity contribution >= 4 is 0 Å². The molecule has 0 aliphatic carbocycles. The maximum Gasteiger partial charge on any atom is 0.231 e. The predicted octanol–water partition coefficient (Wildman–Crippen LogP) is 0.850. The van der Waals surface area contributed by atoms with Crippen LogP contribution in [-0.4, -0.2) is 33.5 Å². The van der Waals surface area contributed by atoms with Crippen LogP contribution < -0.4 is 14.8 Å². The largest absolute Gasteiger partial charge is 0.454 e. The van der Waals surface area contributed by atoms with Crippen molar-refractivity contribution in [1.29, 1.82) is 0 Å². The quantitative estimate of drug-likeness (QED) is 0.821. The fraction of sp³-hybridized carbons (Fsp3) is 0.429. The van der Waals surface area contributed by atoms with E-state index in [1.807, 2.05) is 24.4 Å². The van der Waals surface area contributed by atoms with Crippen molar-refractivity contribution in [1.82, 2.24) is 20.3 Å². The molecular formula is C14H18N4O3. The lowest BCUT2D eigenvalue weighted by Gasteiger charge is -2.13. The topological polar surface area (TPSA) is 81.4 Å². The van der Waals surface area contributed by atoms with Crippen molar-refractivity contribution in [3.05, 3.63) is 35.7 Å². The van der Waals surface area contributed by atoms with Crippen LogP contribution in [0.1, 0.15) is 24.2 Å². The molecule has 1 atom stereocenters. The molecule has 1 aliphatic rings. The maximum atomic E-state index is 8.85. The van der Waals surface area contributed by atoms with E-state index < -0.39 is 0 Å². The first-order valence-corrected chi connectivity index (χ1v) is 6.89. The fourth-order valence-corrected chi connectivity index (χ4v) is 2.19. The molecule has 1 aromatic carbocycles. The van der Waals surface area contributed by atoms with Crippen molar-refractivity contribution in [2.75, 3.05) is 13.4 Å². The Labute approximate surface area is 122 Å². The summed E-state index contributed by atoms with van der Waals surface area (Å²) >= 11 is 0. The lowest BCUT2D eigenvalue weighted by Crippen LogP contribution is -2.18. The third-order valence-corrected chi connectivity index (χ3v) is 3.40. The zero-order valence-corrected chi connectivity index (χ0v) is 11.8. The summed E-state index contributed by atoms with van der Waals surface area (Å²) in [7, 11) is 0. The average molecular weight is 290 g/mol. The molecule has 0 amide bonds. The summed E-state index contributed by atoms with van der Waals surface area (Å²) < 4.78 is 12.3. The molecule has 0 saturated carbocycles. The van der Waals surface area contributed by atoms with Gasteiger partial charge in [0.15, 0.2) is 11.5 Å². The van der Waals surface area contributed by atoms with E-state index in [9.17, 15) is 0 Å². The molecule has 2 N–H and O–H groups in total. The zero-order chi connectivity index (χ0) is 14.7. The molecule has 112 valence electrons. The minimum Gasteiger partial charge on any atom is -0.454 e. The van der Waals surface area contributed by atoms with Crippen LogP contribution in [0.4, 0.5) is 0 Å². The smallest absolute Gasteiger partial charge is 0.231 e.